The van der Waals surface area contributed by atoms with Crippen molar-refractivity contribution < 1.29 is 4.39 Å². The first-order valence-electron chi connectivity index (χ1n) is 18.2. The van der Waals surface area contributed by atoms with Crippen LogP contribution in [0.1, 0.15) is 0 Å². The van der Waals surface area contributed by atoms with Gasteiger partial charge in [0.2, 0.25) is 0 Å². The number of aromatic nitrogens is 1. The fourth-order valence-electron chi connectivity index (χ4n) is 9.02. The van der Waals surface area contributed by atoms with E-state index in [-0.39, 0.29) is 5.82 Å². The second kappa shape index (κ2) is 11.6. The molecule has 1 heterocycles. The fourth-order valence-corrected chi connectivity index (χ4v) is 9.02. The van der Waals surface area contributed by atoms with Gasteiger partial charge in [0.25, 0.3) is 0 Å². The summed E-state index contributed by atoms with van der Waals surface area (Å²) < 4.78 is 16.3. The normalized spacial score (nSPS) is 11.8. The molecule has 2 nitrogen and oxygen atoms in total. The molecular weight excluding hydrogens is 660 g/mol. The summed E-state index contributed by atoms with van der Waals surface area (Å²) in [5.41, 5.74) is 10.7. The van der Waals surface area contributed by atoms with Crippen molar-refractivity contribution in [2.75, 3.05) is 0 Å². The van der Waals surface area contributed by atoms with E-state index in [1.807, 2.05) is 24.3 Å². The van der Waals surface area contributed by atoms with Gasteiger partial charge in [-0.05, 0) is 113 Å². The Balaban J connectivity index is 1.24. The van der Waals surface area contributed by atoms with Crippen LogP contribution in [0.15, 0.2) is 176 Å². The predicted octanol–water partition coefficient (Wildman–Crippen LogP) is 14.5. The number of nitrogens with zero attached hydrogens (tertiary/aromatic N) is 2. The zero-order valence-corrected chi connectivity index (χ0v) is 29.0. The highest BCUT2D eigenvalue weighted by atomic mass is 19.1. The zero-order chi connectivity index (χ0) is 35.9. The highest BCUT2D eigenvalue weighted by Crippen LogP contribution is 2.50. The Labute approximate surface area is 310 Å². The summed E-state index contributed by atoms with van der Waals surface area (Å²) in [4.78, 5) is 3.91. The Morgan fingerprint density at radius 2 is 0.852 bits per heavy atom. The van der Waals surface area contributed by atoms with Gasteiger partial charge < -0.3 is 4.57 Å². The van der Waals surface area contributed by atoms with Crippen molar-refractivity contribution in [3.8, 4) is 39.1 Å². The lowest BCUT2D eigenvalue weighted by Gasteiger charge is -2.20. The standard InChI is InChI=1S/C51H29FN2/c1-53-45-28-30-47-51-44(45)26-25-43-42(27-29-46(50(43)51)54(47)33-21-19-32(52)20-22-33)49-39-17-9-7-15-37(39)48(38-16-8-10-18-40(38)49)41-24-23-34(31-11-3-2-4-12-31)35-13-5-6-14-36(35)41/h2-30H. The molecule has 0 aliphatic rings. The monoisotopic (exact) mass is 688 g/mol. The van der Waals surface area contributed by atoms with E-state index in [0.717, 1.165) is 43.8 Å². The van der Waals surface area contributed by atoms with Crippen LogP contribution >= 0.6 is 0 Å². The summed E-state index contributed by atoms with van der Waals surface area (Å²) in [5.74, 6) is -0.271. The molecule has 0 spiro atoms. The molecule has 1 aromatic heterocycles. The van der Waals surface area contributed by atoms with Crippen LogP contribution in [0, 0.1) is 12.4 Å². The van der Waals surface area contributed by atoms with Crippen LogP contribution in [0.4, 0.5) is 10.1 Å². The minimum absolute atomic E-state index is 0.271. The Hall–Kier alpha value is -7.28. The van der Waals surface area contributed by atoms with Crippen molar-refractivity contribution in [1.29, 1.82) is 0 Å². The highest BCUT2D eigenvalue weighted by Gasteiger charge is 2.24. The van der Waals surface area contributed by atoms with Crippen molar-refractivity contribution in [1.82, 2.24) is 4.57 Å². The molecule has 0 radical (unpaired) electrons. The van der Waals surface area contributed by atoms with Gasteiger partial charge in [-0.2, -0.15) is 0 Å². The number of hydrogen-bond acceptors (Lipinski definition) is 0. The van der Waals surface area contributed by atoms with Crippen LogP contribution in [0.2, 0.25) is 0 Å². The van der Waals surface area contributed by atoms with Gasteiger partial charge in [0, 0.05) is 16.5 Å². The third-order valence-electron chi connectivity index (χ3n) is 11.3. The van der Waals surface area contributed by atoms with Gasteiger partial charge in [0.15, 0.2) is 5.69 Å². The predicted molar refractivity (Wildman–Crippen MR) is 225 cm³/mol. The van der Waals surface area contributed by atoms with Crippen molar-refractivity contribution >= 4 is 70.6 Å². The first-order valence-corrected chi connectivity index (χ1v) is 18.2. The second-order valence-corrected chi connectivity index (χ2v) is 14.0. The first-order chi connectivity index (χ1) is 26.7. The van der Waals surface area contributed by atoms with E-state index in [0.29, 0.717) is 5.69 Å². The third kappa shape index (κ3) is 4.26. The number of hydrogen-bond donors (Lipinski definition) is 0. The maximum absolute atomic E-state index is 14.1. The molecule has 0 fully saturated rings. The molecule has 0 N–H and O–H groups in total. The molecule has 0 aliphatic carbocycles. The van der Waals surface area contributed by atoms with Gasteiger partial charge in [0.1, 0.15) is 5.82 Å². The molecule has 10 aromatic carbocycles. The number of fused-ring (bicyclic) bond motifs is 3. The van der Waals surface area contributed by atoms with Crippen molar-refractivity contribution in [3.05, 3.63) is 193 Å². The molecule has 250 valence electrons. The van der Waals surface area contributed by atoms with Gasteiger partial charge in [-0.25, -0.2) is 9.24 Å². The van der Waals surface area contributed by atoms with Crippen LogP contribution in [-0.4, -0.2) is 4.57 Å². The third-order valence-corrected chi connectivity index (χ3v) is 11.3. The average Bonchev–Trinajstić information content (AvgIpc) is 3.57. The second-order valence-electron chi connectivity index (χ2n) is 14.0. The molecule has 0 atom stereocenters. The lowest BCUT2D eigenvalue weighted by molar-refractivity contribution is 0.627. The first kappa shape index (κ1) is 30.4. The maximum atomic E-state index is 14.1. The molecular formula is C51H29FN2. The van der Waals surface area contributed by atoms with Crippen LogP contribution in [-0.2, 0) is 0 Å². The Morgan fingerprint density at radius 1 is 0.389 bits per heavy atom. The lowest BCUT2D eigenvalue weighted by Crippen LogP contribution is -1.94. The number of benzene rings is 10. The quantitative estimate of drug-likeness (QED) is 0.0989. The van der Waals surface area contributed by atoms with Crippen LogP contribution in [0.25, 0.3) is 109 Å². The summed E-state index contributed by atoms with van der Waals surface area (Å²) in [5, 5.41) is 11.4. The van der Waals surface area contributed by atoms with E-state index in [1.165, 1.54) is 72.3 Å². The van der Waals surface area contributed by atoms with Crippen LogP contribution in [0.5, 0.6) is 0 Å². The fraction of sp³-hybridized carbons (Fsp3) is 0. The summed E-state index contributed by atoms with van der Waals surface area (Å²) in [6.07, 6.45) is 0. The molecule has 11 aromatic rings. The molecule has 11 rings (SSSR count). The molecule has 0 bridgehead atoms. The lowest BCUT2D eigenvalue weighted by atomic mass is 9.82. The summed E-state index contributed by atoms with van der Waals surface area (Å²) in [7, 11) is 0. The van der Waals surface area contributed by atoms with E-state index in [2.05, 4.69) is 149 Å². The highest BCUT2D eigenvalue weighted by molar-refractivity contribution is 6.31. The molecule has 0 saturated heterocycles. The van der Waals surface area contributed by atoms with E-state index in [1.54, 1.807) is 0 Å². The summed E-state index contributed by atoms with van der Waals surface area (Å²) >= 11 is 0. The smallest absolute Gasteiger partial charge is 0.195 e. The van der Waals surface area contributed by atoms with Gasteiger partial charge in [-0.3, -0.25) is 0 Å². The molecule has 3 heteroatoms. The van der Waals surface area contributed by atoms with Crippen LogP contribution < -0.4 is 0 Å². The van der Waals surface area contributed by atoms with Gasteiger partial charge in [-0.1, -0.05) is 140 Å². The van der Waals surface area contributed by atoms with Gasteiger partial charge in [0.05, 0.1) is 17.6 Å². The minimum atomic E-state index is -0.271. The van der Waals surface area contributed by atoms with Gasteiger partial charge in [-0.15, -0.1) is 0 Å². The Morgan fingerprint density at radius 3 is 1.46 bits per heavy atom. The summed E-state index contributed by atoms with van der Waals surface area (Å²) in [6.45, 7) is 7.98. The number of halogens is 1. The van der Waals surface area contributed by atoms with E-state index >= 15 is 0 Å². The van der Waals surface area contributed by atoms with Gasteiger partial charge >= 0.3 is 0 Å². The van der Waals surface area contributed by atoms with Crippen molar-refractivity contribution in [3.63, 3.8) is 0 Å². The molecule has 0 aliphatic heterocycles. The van der Waals surface area contributed by atoms with Crippen LogP contribution in [0.3, 0.4) is 0 Å². The van der Waals surface area contributed by atoms with Crippen molar-refractivity contribution in [2.24, 2.45) is 0 Å². The Bertz CT molecular complexity index is 3270. The number of rotatable bonds is 4. The topological polar surface area (TPSA) is 9.29 Å². The molecule has 0 unspecified atom stereocenters. The SMILES string of the molecule is [C-]#[N+]c1ccc2c3c1ccc1c(-c4c5ccccc5c(-c5ccc(-c6ccccc6)c6ccccc56)c5ccccc45)ccc(c13)n2-c1ccc(F)cc1. The summed E-state index contributed by atoms with van der Waals surface area (Å²) in [6, 6.07) is 60.9. The minimum Gasteiger partial charge on any atom is -0.309 e. The molecule has 0 saturated carbocycles. The molecule has 0 amide bonds. The maximum Gasteiger partial charge on any atom is 0.195 e. The van der Waals surface area contributed by atoms with E-state index in [9.17, 15) is 4.39 Å². The average molecular weight is 689 g/mol. The van der Waals surface area contributed by atoms with E-state index in [4.69, 9.17) is 6.57 Å². The largest absolute Gasteiger partial charge is 0.309 e. The van der Waals surface area contributed by atoms with Crippen molar-refractivity contribution in [2.45, 2.75) is 0 Å². The van der Waals surface area contributed by atoms with E-state index < -0.39 is 0 Å². The Kier molecular flexibility index (Phi) is 6.53. The molecule has 54 heavy (non-hydrogen) atoms. The zero-order valence-electron chi connectivity index (χ0n) is 29.0.